The summed E-state index contributed by atoms with van der Waals surface area (Å²) >= 11 is 0. The zero-order chi connectivity index (χ0) is 11.3. The topological polar surface area (TPSA) is 67.1 Å². The summed E-state index contributed by atoms with van der Waals surface area (Å²) < 4.78 is 0. The van der Waals surface area contributed by atoms with Crippen molar-refractivity contribution in [1.29, 1.82) is 0 Å². The van der Waals surface area contributed by atoms with Crippen LogP contribution >= 0.6 is 0 Å². The van der Waals surface area contributed by atoms with Crippen molar-refractivity contribution in [3.05, 3.63) is 12.4 Å². The Labute approximate surface area is 90.7 Å². The van der Waals surface area contributed by atoms with Gasteiger partial charge in [0.05, 0.1) is 0 Å². The minimum atomic E-state index is 0.273. The van der Waals surface area contributed by atoms with E-state index in [4.69, 9.17) is 5.73 Å². The maximum atomic E-state index is 5.61. The predicted molar refractivity (Wildman–Crippen MR) is 63.1 cm³/mol. The van der Waals surface area contributed by atoms with Gasteiger partial charge in [0.1, 0.15) is 18.0 Å². The van der Waals surface area contributed by atoms with Crippen LogP contribution in [0.15, 0.2) is 12.4 Å². The lowest BCUT2D eigenvalue weighted by Gasteiger charge is -2.24. The van der Waals surface area contributed by atoms with E-state index in [-0.39, 0.29) is 6.04 Å². The lowest BCUT2D eigenvalue weighted by molar-refractivity contribution is 0.686. The minimum Gasteiger partial charge on any atom is -0.370 e. The van der Waals surface area contributed by atoms with Gasteiger partial charge in [0, 0.05) is 32.2 Å². The smallest absolute Gasteiger partial charge is 0.134 e. The molecule has 15 heavy (non-hydrogen) atoms. The summed E-state index contributed by atoms with van der Waals surface area (Å²) in [4.78, 5) is 10.4. The molecule has 0 spiro atoms. The maximum Gasteiger partial charge on any atom is 0.134 e. The first-order valence-electron chi connectivity index (χ1n) is 5.17. The molecule has 1 aromatic heterocycles. The number of anilines is 2. The normalized spacial score (nSPS) is 12.3. The van der Waals surface area contributed by atoms with Crippen molar-refractivity contribution in [1.82, 2.24) is 9.97 Å². The molecule has 5 heteroatoms. The fourth-order valence-electron chi connectivity index (χ4n) is 1.20. The van der Waals surface area contributed by atoms with Gasteiger partial charge < -0.3 is 16.0 Å². The van der Waals surface area contributed by atoms with E-state index in [1.165, 1.54) is 0 Å². The molecule has 0 saturated heterocycles. The number of nitrogens with two attached hydrogens (primary N) is 1. The summed E-state index contributed by atoms with van der Waals surface area (Å²) in [6, 6.07) is 2.20. The van der Waals surface area contributed by atoms with Gasteiger partial charge in [-0.15, -0.1) is 0 Å². The van der Waals surface area contributed by atoms with Gasteiger partial charge >= 0.3 is 0 Å². The fraction of sp³-hybridized carbons (Fsp3) is 0.600. The summed E-state index contributed by atoms with van der Waals surface area (Å²) in [5.74, 6) is 1.73. The van der Waals surface area contributed by atoms with Crippen molar-refractivity contribution in [3.63, 3.8) is 0 Å². The average Bonchev–Trinajstić information content (AvgIpc) is 2.28. The van der Waals surface area contributed by atoms with E-state index in [9.17, 15) is 0 Å². The molecular formula is C10H19N5. The van der Waals surface area contributed by atoms with Gasteiger partial charge in [-0.1, -0.05) is 0 Å². The molecule has 5 nitrogen and oxygen atoms in total. The van der Waals surface area contributed by atoms with Crippen LogP contribution < -0.4 is 16.0 Å². The second-order valence-electron chi connectivity index (χ2n) is 3.49. The van der Waals surface area contributed by atoms with E-state index in [1.807, 2.05) is 24.9 Å². The van der Waals surface area contributed by atoms with Crippen LogP contribution in [-0.4, -0.2) is 36.1 Å². The summed E-state index contributed by atoms with van der Waals surface area (Å²) in [6.45, 7) is 5.56. The lowest BCUT2D eigenvalue weighted by Crippen LogP contribution is -2.35. The average molecular weight is 209 g/mol. The molecule has 0 bridgehead atoms. The van der Waals surface area contributed by atoms with Crippen LogP contribution in [0.1, 0.15) is 13.8 Å². The third-order valence-corrected chi connectivity index (χ3v) is 2.37. The third-order valence-electron chi connectivity index (χ3n) is 2.37. The van der Waals surface area contributed by atoms with E-state index in [0.717, 1.165) is 18.2 Å². The van der Waals surface area contributed by atoms with Gasteiger partial charge in [-0.25, -0.2) is 9.97 Å². The molecule has 3 N–H and O–H groups in total. The Hall–Kier alpha value is -1.36. The van der Waals surface area contributed by atoms with Crippen LogP contribution in [0.3, 0.4) is 0 Å². The van der Waals surface area contributed by atoms with Crippen molar-refractivity contribution in [2.75, 3.05) is 30.4 Å². The van der Waals surface area contributed by atoms with Crippen molar-refractivity contribution < 1.29 is 0 Å². The first kappa shape index (κ1) is 11.7. The van der Waals surface area contributed by atoms with Crippen molar-refractivity contribution >= 4 is 11.6 Å². The maximum absolute atomic E-state index is 5.61. The molecule has 0 aromatic carbocycles. The van der Waals surface area contributed by atoms with Crippen LogP contribution in [-0.2, 0) is 0 Å². The molecule has 0 aliphatic rings. The molecule has 0 aliphatic heterocycles. The quantitative estimate of drug-likeness (QED) is 0.747. The van der Waals surface area contributed by atoms with E-state index in [2.05, 4.69) is 22.2 Å². The van der Waals surface area contributed by atoms with Gasteiger partial charge in [-0.2, -0.15) is 0 Å². The second kappa shape index (κ2) is 5.50. The van der Waals surface area contributed by atoms with E-state index >= 15 is 0 Å². The highest BCUT2D eigenvalue weighted by Gasteiger charge is 2.09. The lowest BCUT2D eigenvalue weighted by atomic mass is 10.3. The number of nitrogens with zero attached hydrogens (tertiary/aromatic N) is 3. The molecule has 1 aromatic rings. The molecule has 1 rings (SSSR count). The Morgan fingerprint density at radius 2 is 2.27 bits per heavy atom. The van der Waals surface area contributed by atoms with Gasteiger partial charge in [0.15, 0.2) is 0 Å². The number of rotatable bonds is 5. The summed E-state index contributed by atoms with van der Waals surface area (Å²) in [7, 11) is 1.98. The fourth-order valence-corrected chi connectivity index (χ4v) is 1.20. The van der Waals surface area contributed by atoms with Crippen LogP contribution in [0.2, 0.25) is 0 Å². The number of aromatic nitrogens is 2. The number of hydrogen-bond acceptors (Lipinski definition) is 5. The minimum absolute atomic E-state index is 0.273. The molecule has 1 heterocycles. The van der Waals surface area contributed by atoms with Crippen LogP contribution in [0.25, 0.3) is 0 Å². The molecule has 0 amide bonds. The largest absolute Gasteiger partial charge is 0.370 e. The van der Waals surface area contributed by atoms with E-state index in [1.54, 1.807) is 6.33 Å². The third kappa shape index (κ3) is 3.06. The van der Waals surface area contributed by atoms with Crippen molar-refractivity contribution in [3.8, 4) is 0 Å². The Kier molecular flexibility index (Phi) is 4.30. The number of nitrogens with one attached hydrogen (secondary N) is 1. The predicted octanol–water partition coefficient (Wildman–Crippen LogP) is 0.692. The highest BCUT2D eigenvalue weighted by atomic mass is 15.2. The highest BCUT2D eigenvalue weighted by molar-refractivity contribution is 5.48. The van der Waals surface area contributed by atoms with Crippen molar-refractivity contribution in [2.24, 2.45) is 5.73 Å². The molecule has 84 valence electrons. The summed E-state index contributed by atoms with van der Waals surface area (Å²) in [5, 5.41) is 3.15. The zero-order valence-electron chi connectivity index (χ0n) is 9.57. The standard InChI is InChI=1S/C10H19N5/c1-4-12-9-5-10(14-7-13-9)15(3)8(2)6-11/h5,7-8H,4,6,11H2,1-3H3,(H,12,13,14). The summed E-state index contributed by atoms with van der Waals surface area (Å²) in [5.41, 5.74) is 5.61. The molecular weight excluding hydrogens is 190 g/mol. The van der Waals surface area contributed by atoms with Gasteiger partial charge in [0.25, 0.3) is 0 Å². The van der Waals surface area contributed by atoms with Crippen molar-refractivity contribution in [2.45, 2.75) is 19.9 Å². The van der Waals surface area contributed by atoms with Gasteiger partial charge in [-0.05, 0) is 13.8 Å². The van der Waals surface area contributed by atoms with Crippen LogP contribution in [0, 0.1) is 0 Å². The molecule has 0 fully saturated rings. The Morgan fingerprint density at radius 1 is 1.53 bits per heavy atom. The number of hydrogen-bond donors (Lipinski definition) is 2. The molecule has 0 saturated carbocycles. The Bertz CT molecular complexity index is 302. The first-order valence-corrected chi connectivity index (χ1v) is 5.17. The Balaban J connectivity index is 2.80. The molecule has 0 radical (unpaired) electrons. The SMILES string of the molecule is CCNc1cc(N(C)C(C)CN)ncn1. The summed E-state index contributed by atoms with van der Waals surface area (Å²) in [6.07, 6.45) is 1.56. The van der Waals surface area contributed by atoms with E-state index < -0.39 is 0 Å². The van der Waals surface area contributed by atoms with E-state index in [0.29, 0.717) is 6.54 Å². The molecule has 0 aliphatic carbocycles. The highest BCUT2D eigenvalue weighted by Crippen LogP contribution is 2.14. The Morgan fingerprint density at radius 3 is 2.87 bits per heavy atom. The zero-order valence-corrected chi connectivity index (χ0v) is 9.57. The van der Waals surface area contributed by atoms with Gasteiger partial charge in [-0.3, -0.25) is 0 Å². The second-order valence-corrected chi connectivity index (χ2v) is 3.49. The van der Waals surface area contributed by atoms with Crippen LogP contribution in [0.5, 0.6) is 0 Å². The molecule has 1 unspecified atom stereocenters. The number of likely N-dealkylation sites (N-methyl/N-ethyl adjacent to an activating group) is 1. The molecule has 1 atom stereocenters. The monoisotopic (exact) mass is 209 g/mol. The first-order chi connectivity index (χ1) is 7.19. The van der Waals surface area contributed by atoms with Crippen LogP contribution in [0.4, 0.5) is 11.6 Å². The van der Waals surface area contributed by atoms with Gasteiger partial charge in [0.2, 0.25) is 0 Å².